The number of nitro benzene ring substituents is 1. The summed E-state index contributed by atoms with van der Waals surface area (Å²) in [6.07, 6.45) is 3.82. The molecule has 1 N–H and O–H groups in total. The standard InChI is InChI=1S/C27H31N7O3/c1-31(2)14-15-32(3)23-17-25(37-4)20(16-24(23)34(35)36)30-27-28-12-11-19(29-27)26-18-8-5-6-9-21(18)33-13-7-10-22(26)33/h5-6,8-9,11-12,16-17H,7,10,13-15H2,1-4H3,(H,28,29,30). The molecule has 4 aromatic rings. The van der Waals surface area contributed by atoms with Gasteiger partial charge >= 0.3 is 0 Å². The van der Waals surface area contributed by atoms with Crippen LogP contribution in [0.15, 0.2) is 48.7 Å². The number of anilines is 3. The highest BCUT2D eigenvalue weighted by Gasteiger charge is 2.24. The molecule has 2 aromatic carbocycles. The maximum Gasteiger partial charge on any atom is 0.294 e. The number of ether oxygens (including phenoxy) is 1. The van der Waals surface area contributed by atoms with Crippen molar-refractivity contribution in [2.75, 3.05) is 51.6 Å². The molecule has 0 atom stereocenters. The molecule has 10 nitrogen and oxygen atoms in total. The highest BCUT2D eigenvalue weighted by molar-refractivity contribution is 5.97. The van der Waals surface area contributed by atoms with Crippen molar-refractivity contribution in [2.45, 2.75) is 19.4 Å². The lowest BCUT2D eigenvalue weighted by Crippen LogP contribution is -2.28. The summed E-state index contributed by atoms with van der Waals surface area (Å²) in [5.74, 6) is 0.822. The van der Waals surface area contributed by atoms with Crippen molar-refractivity contribution in [1.29, 1.82) is 0 Å². The summed E-state index contributed by atoms with van der Waals surface area (Å²) in [6.45, 7) is 2.39. The Kier molecular flexibility index (Phi) is 6.66. The average Bonchev–Trinajstić information content (AvgIpc) is 3.48. The molecule has 0 fully saturated rings. The molecule has 1 aliphatic rings. The van der Waals surface area contributed by atoms with Crippen molar-refractivity contribution in [3.05, 3.63) is 64.5 Å². The second-order valence-electron chi connectivity index (χ2n) is 9.51. The van der Waals surface area contributed by atoms with Crippen molar-refractivity contribution in [2.24, 2.45) is 0 Å². The number of nitrogens with one attached hydrogen (secondary N) is 1. The van der Waals surface area contributed by atoms with Crippen molar-refractivity contribution in [1.82, 2.24) is 19.4 Å². The predicted molar refractivity (Wildman–Crippen MR) is 146 cm³/mol. The SMILES string of the molecule is COc1cc(N(C)CCN(C)C)c([N+](=O)[O-])cc1Nc1nccc(-c2c3n(c4ccccc24)CCC3)n1. The molecule has 0 saturated carbocycles. The van der Waals surface area contributed by atoms with Gasteiger partial charge in [-0.25, -0.2) is 9.97 Å². The lowest BCUT2D eigenvalue weighted by molar-refractivity contribution is -0.384. The molecule has 3 heterocycles. The van der Waals surface area contributed by atoms with Crippen LogP contribution in [-0.2, 0) is 13.0 Å². The maximum absolute atomic E-state index is 12.0. The Bertz CT molecular complexity index is 1460. The van der Waals surface area contributed by atoms with Gasteiger partial charge < -0.3 is 24.4 Å². The first-order chi connectivity index (χ1) is 17.9. The molecule has 0 radical (unpaired) electrons. The first kappa shape index (κ1) is 24.5. The fourth-order valence-corrected chi connectivity index (χ4v) is 4.99. The normalized spacial score (nSPS) is 12.7. The Morgan fingerprint density at radius 1 is 1.16 bits per heavy atom. The van der Waals surface area contributed by atoms with Gasteiger partial charge in [0, 0.05) is 67.2 Å². The van der Waals surface area contributed by atoms with Gasteiger partial charge in [-0.2, -0.15) is 0 Å². The van der Waals surface area contributed by atoms with Crippen LogP contribution < -0.4 is 15.0 Å². The van der Waals surface area contributed by atoms with Gasteiger partial charge in [-0.05, 0) is 39.1 Å². The Morgan fingerprint density at radius 3 is 2.73 bits per heavy atom. The second kappa shape index (κ2) is 10.1. The summed E-state index contributed by atoms with van der Waals surface area (Å²) in [4.78, 5) is 24.7. The first-order valence-corrected chi connectivity index (χ1v) is 12.3. The van der Waals surface area contributed by atoms with E-state index in [1.54, 1.807) is 19.4 Å². The summed E-state index contributed by atoms with van der Waals surface area (Å²) in [5.41, 5.74) is 5.33. The third-order valence-corrected chi connectivity index (χ3v) is 6.82. The number of nitrogens with zero attached hydrogens (tertiary/aromatic N) is 6. The van der Waals surface area contributed by atoms with Crippen LogP contribution in [-0.4, -0.2) is 65.7 Å². The maximum atomic E-state index is 12.0. The van der Waals surface area contributed by atoms with Crippen molar-refractivity contribution in [3.63, 3.8) is 0 Å². The smallest absolute Gasteiger partial charge is 0.294 e. The number of fused-ring (bicyclic) bond motifs is 3. The van der Waals surface area contributed by atoms with Crippen molar-refractivity contribution in [3.8, 4) is 17.0 Å². The number of nitro groups is 1. The molecule has 0 unspecified atom stereocenters. The topological polar surface area (TPSA) is 102 Å². The Balaban J connectivity index is 1.52. The minimum absolute atomic E-state index is 0.0167. The molecule has 0 amide bonds. The molecule has 0 spiro atoms. The number of benzene rings is 2. The quantitative estimate of drug-likeness (QED) is 0.260. The van der Waals surface area contributed by atoms with Gasteiger partial charge in [0.05, 0.1) is 23.4 Å². The molecule has 192 valence electrons. The molecule has 37 heavy (non-hydrogen) atoms. The summed E-state index contributed by atoms with van der Waals surface area (Å²) >= 11 is 0. The molecule has 1 aliphatic heterocycles. The van der Waals surface area contributed by atoms with Crippen LogP contribution in [0.4, 0.5) is 23.0 Å². The molecule has 5 rings (SSSR count). The van der Waals surface area contributed by atoms with Gasteiger partial charge in [0.25, 0.3) is 5.69 Å². The van der Waals surface area contributed by atoms with E-state index in [9.17, 15) is 10.1 Å². The molecular formula is C27H31N7O3. The van der Waals surface area contributed by atoms with E-state index in [-0.39, 0.29) is 10.6 Å². The van der Waals surface area contributed by atoms with Gasteiger partial charge in [0.2, 0.25) is 5.95 Å². The predicted octanol–water partition coefficient (Wildman–Crippen LogP) is 4.70. The molecule has 0 aliphatic carbocycles. The largest absolute Gasteiger partial charge is 0.494 e. The number of para-hydroxylation sites is 1. The summed E-state index contributed by atoms with van der Waals surface area (Å²) in [7, 11) is 7.32. The van der Waals surface area contributed by atoms with Gasteiger partial charge in [-0.3, -0.25) is 10.1 Å². The van der Waals surface area contributed by atoms with Crippen LogP contribution in [0.5, 0.6) is 5.75 Å². The molecule has 10 heteroatoms. The summed E-state index contributed by atoms with van der Waals surface area (Å²) in [6, 6.07) is 13.5. The minimum Gasteiger partial charge on any atom is -0.494 e. The van der Waals surface area contributed by atoms with E-state index in [0.29, 0.717) is 29.6 Å². The Labute approximate surface area is 215 Å². The zero-order valence-corrected chi connectivity index (χ0v) is 21.6. The third-order valence-electron chi connectivity index (χ3n) is 6.82. The van der Waals surface area contributed by atoms with Crippen LogP contribution in [0.25, 0.3) is 22.2 Å². The zero-order valence-electron chi connectivity index (χ0n) is 21.6. The highest BCUT2D eigenvalue weighted by atomic mass is 16.6. The average molecular weight is 502 g/mol. The summed E-state index contributed by atoms with van der Waals surface area (Å²) in [5, 5.41) is 16.3. The van der Waals surface area contributed by atoms with Gasteiger partial charge in [-0.15, -0.1) is 0 Å². The van der Waals surface area contributed by atoms with Gasteiger partial charge in [0.1, 0.15) is 11.4 Å². The van der Waals surface area contributed by atoms with Crippen molar-refractivity contribution < 1.29 is 9.66 Å². The van der Waals surface area contributed by atoms with Gasteiger partial charge in [0.15, 0.2) is 0 Å². The van der Waals surface area contributed by atoms with Gasteiger partial charge in [-0.1, -0.05) is 18.2 Å². The number of aryl methyl sites for hydroxylation is 1. The minimum atomic E-state index is -0.375. The molecular weight excluding hydrogens is 470 g/mol. The number of methoxy groups -OCH3 is 1. The number of hydrogen-bond donors (Lipinski definition) is 1. The highest BCUT2D eigenvalue weighted by Crippen LogP contribution is 2.40. The Morgan fingerprint density at radius 2 is 1.97 bits per heavy atom. The van der Waals surface area contributed by atoms with E-state index < -0.39 is 0 Å². The van der Waals surface area contributed by atoms with E-state index in [2.05, 4.69) is 33.1 Å². The van der Waals surface area contributed by atoms with Crippen molar-refractivity contribution >= 4 is 33.9 Å². The second-order valence-corrected chi connectivity index (χ2v) is 9.51. The first-order valence-electron chi connectivity index (χ1n) is 12.3. The van der Waals surface area contributed by atoms with Crippen LogP contribution in [0.3, 0.4) is 0 Å². The molecule has 0 bridgehead atoms. The fourth-order valence-electron chi connectivity index (χ4n) is 4.99. The number of hydrogen-bond acceptors (Lipinski definition) is 8. The van der Waals surface area contributed by atoms with Crippen LogP contribution in [0.2, 0.25) is 0 Å². The number of rotatable bonds is 9. The van der Waals surface area contributed by atoms with Crippen LogP contribution in [0, 0.1) is 10.1 Å². The monoisotopic (exact) mass is 501 g/mol. The molecule has 0 saturated heterocycles. The van der Waals surface area contributed by atoms with Crippen LogP contribution >= 0.6 is 0 Å². The lowest BCUT2D eigenvalue weighted by atomic mass is 10.1. The number of likely N-dealkylation sites (N-methyl/N-ethyl adjacent to an activating group) is 2. The fraction of sp³-hybridized carbons (Fsp3) is 0.333. The van der Waals surface area contributed by atoms with E-state index in [0.717, 1.165) is 37.2 Å². The van der Waals surface area contributed by atoms with Crippen LogP contribution in [0.1, 0.15) is 12.1 Å². The lowest BCUT2D eigenvalue weighted by Gasteiger charge is -2.22. The van der Waals surface area contributed by atoms with E-state index >= 15 is 0 Å². The van der Waals surface area contributed by atoms with E-state index in [1.807, 2.05) is 43.1 Å². The third kappa shape index (κ3) is 4.67. The van der Waals surface area contributed by atoms with E-state index in [1.165, 1.54) is 22.7 Å². The number of aromatic nitrogens is 3. The molecule has 2 aromatic heterocycles. The summed E-state index contributed by atoms with van der Waals surface area (Å²) < 4.78 is 7.98. The van der Waals surface area contributed by atoms with E-state index in [4.69, 9.17) is 9.72 Å². The zero-order chi connectivity index (χ0) is 26.1. The Hall–Kier alpha value is -4.18.